The summed E-state index contributed by atoms with van der Waals surface area (Å²) >= 11 is 3.18. The molecular formula is C15H15N3O2S2. The number of ether oxygens (including phenoxy) is 2. The smallest absolute Gasteiger partial charge is 0.161 e. The van der Waals surface area contributed by atoms with Gasteiger partial charge in [0.25, 0.3) is 0 Å². The highest BCUT2D eigenvalue weighted by Gasteiger charge is 2.16. The van der Waals surface area contributed by atoms with Crippen LogP contribution in [0.2, 0.25) is 0 Å². The number of methoxy groups -OCH3 is 2. The van der Waals surface area contributed by atoms with Gasteiger partial charge in [0.2, 0.25) is 0 Å². The molecule has 114 valence electrons. The van der Waals surface area contributed by atoms with E-state index in [0.717, 1.165) is 31.5 Å². The summed E-state index contributed by atoms with van der Waals surface area (Å²) in [5, 5.41) is 10.5. The molecule has 0 N–H and O–H groups in total. The third-order valence-electron chi connectivity index (χ3n) is 3.24. The van der Waals surface area contributed by atoms with E-state index >= 15 is 0 Å². The van der Waals surface area contributed by atoms with Gasteiger partial charge in [-0.1, -0.05) is 0 Å². The van der Waals surface area contributed by atoms with Crippen LogP contribution in [0.4, 0.5) is 0 Å². The molecule has 0 aliphatic heterocycles. The van der Waals surface area contributed by atoms with Crippen LogP contribution in [0, 0.1) is 6.92 Å². The monoisotopic (exact) mass is 333 g/mol. The fourth-order valence-electron chi connectivity index (χ4n) is 2.23. The first-order chi connectivity index (χ1) is 10.7. The van der Waals surface area contributed by atoms with E-state index in [2.05, 4.69) is 15.2 Å². The number of benzene rings is 1. The van der Waals surface area contributed by atoms with Crippen molar-refractivity contribution in [3.8, 4) is 22.8 Å². The van der Waals surface area contributed by atoms with Crippen LogP contribution in [0.25, 0.3) is 21.5 Å². The third-order valence-corrected chi connectivity index (χ3v) is 4.88. The second-order valence-electron chi connectivity index (χ2n) is 4.54. The van der Waals surface area contributed by atoms with Crippen LogP contribution >= 0.6 is 23.1 Å². The van der Waals surface area contributed by atoms with Gasteiger partial charge < -0.3 is 9.47 Å². The van der Waals surface area contributed by atoms with Crippen LogP contribution in [-0.2, 0) is 0 Å². The molecule has 0 unspecified atom stereocenters. The van der Waals surface area contributed by atoms with E-state index < -0.39 is 0 Å². The maximum Gasteiger partial charge on any atom is 0.161 e. The van der Waals surface area contributed by atoms with Crippen LogP contribution < -0.4 is 9.47 Å². The minimum atomic E-state index is 0.671. The number of nitrogens with zero attached hydrogens (tertiary/aromatic N) is 3. The fraction of sp³-hybridized carbons (Fsp3) is 0.267. The Morgan fingerprint density at radius 1 is 1.09 bits per heavy atom. The quantitative estimate of drug-likeness (QED) is 0.677. The summed E-state index contributed by atoms with van der Waals surface area (Å²) in [4.78, 5) is 4.59. The van der Waals surface area contributed by atoms with E-state index in [4.69, 9.17) is 9.47 Å². The molecule has 0 aliphatic carbocycles. The van der Waals surface area contributed by atoms with Gasteiger partial charge >= 0.3 is 0 Å². The van der Waals surface area contributed by atoms with Crippen LogP contribution in [0.5, 0.6) is 11.5 Å². The van der Waals surface area contributed by atoms with Gasteiger partial charge in [-0.15, -0.1) is 33.3 Å². The maximum atomic E-state index is 5.37. The van der Waals surface area contributed by atoms with Crippen LogP contribution in [0.1, 0.15) is 5.01 Å². The lowest BCUT2D eigenvalue weighted by Crippen LogP contribution is -1.94. The lowest BCUT2D eigenvalue weighted by Gasteiger charge is -2.09. The Hall–Kier alpha value is -1.86. The number of aryl methyl sites for hydroxylation is 1. The molecule has 3 aromatic rings. The molecule has 5 nitrogen and oxygen atoms in total. The molecule has 0 bridgehead atoms. The summed E-state index contributed by atoms with van der Waals surface area (Å²) in [6.07, 6.45) is 1.98. The molecule has 0 saturated heterocycles. The molecule has 0 fully saturated rings. The van der Waals surface area contributed by atoms with Gasteiger partial charge in [0.15, 0.2) is 11.5 Å². The largest absolute Gasteiger partial charge is 0.493 e. The molecule has 0 spiro atoms. The number of aromatic nitrogens is 3. The SMILES string of the molecule is COc1ccc(-c2nnc(SC)c3nc(C)sc23)cc1OC. The van der Waals surface area contributed by atoms with E-state index in [1.807, 2.05) is 31.4 Å². The van der Waals surface area contributed by atoms with E-state index in [0.29, 0.717) is 11.5 Å². The topological polar surface area (TPSA) is 57.1 Å². The highest BCUT2D eigenvalue weighted by atomic mass is 32.2. The zero-order chi connectivity index (χ0) is 15.7. The Bertz CT molecular complexity index is 833. The first-order valence-electron chi connectivity index (χ1n) is 6.58. The summed E-state index contributed by atoms with van der Waals surface area (Å²) in [5.74, 6) is 1.36. The van der Waals surface area contributed by atoms with Crippen molar-refractivity contribution in [3.63, 3.8) is 0 Å². The lowest BCUT2D eigenvalue weighted by atomic mass is 10.1. The summed E-state index contributed by atoms with van der Waals surface area (Å²) in [5.41, 5.74) is 2.67. The Morgan fingerprint density at radius 2 is 1.86 bits per heavy atom. The van der Waals surface area contributed by atoms with Gasteiger partial charge in [-0.3, -0.25) is 0 Å². The van der Waals surface area contributed by atoms with Gasteiger partial charge in [-0.05, 0) is 31.4 Å². The van der Waals surface area contributed by atoms with Gasteiger partial charge in [-0.25, -0.2) is 4.98 Å². The Labute approximate surface area is 136 Å². The minimum absolute atomic E-state index is 0.671. The number of hydrogen-bond acceptors (Lipinski definition) is 7. The summed E-state index contributed by atoms with van der Waals surface area (Å²) in [6, 6.07) is 5.74. The van der Waals surface area contributed by atoms with Crippen molar-refractivity contribution in [2.75, 3.05) is 20.5 Å². The van der Waals surface area contributed by atoms with Gasteiger partial charge in [0, 0.05) is 5.56 Å². The standard InChI is InChI=1S/C15H15N3O2S2/c1-8-16-13-14(22-8)12(17-18-15(13)21-4)9-5-6-10(19-2)11(7-9)20-3/h5-7H,1-4H3. The predicted molar refractivity (Wildman–Crippen MR) is 90.3 cm³/mol. The van der Waals surface area contributed by atoms with Gasteiger partial charge in [-0.2, -0.15) is 0 Å². The number of thiazole rings is 1. The summed E-state index contributed by atoms with van der Waals surface area (Å²) in [7, 11) is 3.24. The van der Waals surface area contributed by atoms with Crippen molar-refractivity contribution in [1.29, 1.82) is 0 Å². The number of thioether (sulfide) groups is 1. The Kier molecular flexibility index (Phi) is 4.17. The highest BCUT2D eigenvalue weighted by molar-refractivity contribution is 7.98. The molecule has 7 heteroatoms. The van der Waals surface area contributed by atoms with Crippen molar-refractivity contribution in [2.45, 2.75) is 11.9 Å². The number of rotatable bonds is 4. The highest BCUT2D eigenvalue weighted by Crippen LogP contribution is 2.37. The van der Waals surface area contributed by atoms with Crippen LogP contribution in [-0.4, -0.2) is 35.7 Å². The molecule has 0 aliphatic rings. The van der Waals surface area contributed by atoms with Crippen molar-refractivity contribution in [1.82, 2.24) is 15.2 Å². The Morgan fingerprint density at radius 3 is 2.55 bits per heavy atom. The molecule has 1 aromatic carbocycles. The average Bonchev–Trinajstić information content (AvgIpc) is 2.94. The molecule has 0 atom stereocenters. The van der Waals surface area contributed by atoms with Crippen LogP contribution in [0.15, 0.2) is 23.2 Å². The minimum Gasteiger partial charge on any atom is -0.493 e. The zero-order valence-electron chi connectivity index (χ0n) is 12.7. The summed E-state index contributed by atoms with van der Waals surface area (Å²) in [6.45, 7) is 1.99. The third kappa shape index (κ3) is 2.50. The van der Waals surface area contributed by atoms with Gasteiger partial charge in [0.1, 0.15) is 16.2 Å². The fourth-order valence-corrected chi connectivity index (χ4v) is 3.69. The average molecular weight is 333 g/mol. The second-order valence-corrected chi connectivity index (χ2v) is 6.54. The van der Waals surface area contributed by atoms with Crippen LogP contribution in [0.3, 0.4) is 0 Å². The van der Waals surface area contributed by atoms with E-state index in [1.54, 1.807) is 37.3 Å². The molecule has 0 amide bonds. The van der Waals surface area contributed by atoms with E-state index in [-0.39, 0.29) is 0 Å². The van der Waals surface area contributed by atoms with E-state index in [1.165, 1.54) is 0 Å². The normalized spacial score (nSPS) is 10.9. The lowest BCUT2D eigenvalue weighted by molar-refractivity contribution is 0.355. The number of hydrogen-bond donors (Lipinski definition) is 0. The zero-order valence-corrected chi connectivity index (χ0v) is 14.3. The first kappa shape index (κ1) is 15.1. The van der Waals surface area contributed by atoms with Crippen molar-refractivity contribution < 1.29 is 9.47 Å². The van der Waals surface area contributed by atoms with Crippen molar-refractivity contribution in [3.05, 3.63) is 23.2 Å². The molecule has 2 heterocycles. The molecule has 0 radical (unpaired) electrons. The first-order valence-corrected chi connectivity index (χ1v) is 8.62. The van der Waals surface area contributed by atoms with Crippen molar-refractivity contribution >= 4 is 33.3 Å². The van der Waals surface area contributed by atoms with Gasteiger partial charge in [0.05, 0.1) is 23.9 Å². The molecule has 3 rings (SSSR count). The molecule has 0 saturated carbocycles. The Balaban J connectivity index is 2.22. The van der Waals surface area contributed by atoms with Crippen molar-refractivity contribution in [2.24, 2.45) is 0 Å². The summed E-state index contributed by atoms with van der Waals surface area (Å²) < 4.78 is 11.7. The molecular weight excluding hydrogens is 318 g/mol. The second kappa shape index (κ2) is 6.10. The molecule has 22 heavy (non-hydrogen) atoms. The van der Waals surface area contributed by atoms with E-state index in [9.17, 15) is 0 Å². The predicted octanol–water partition coefficient (Wildman–Crippen LogP) is 3.80. The molecule has 2 aromatic heterocycles. The number of fused-ring (bicyclic) bond motifs is 1. The maximum absolute atomic E-state index is 5.37.